The largest absolute Gasteiger partial charge is 0.314 e. The van der Waals surface area contributed by atoms with Crippen molar-refractivity contribution in [1.29, 1.82) is 0 Å². The highest BCUT2D eigenvalue weighted by molar-refractivity contribution is 5.07. The second kappa shape index (κ2) is 7.41. The minimum atomic E-state index is 0.583. The van der Waals surface area contributed by atoms with Gasteiger partial charge < -0.3 is 10.6 Å². The Morgan fingerprint density at radius 2 is 2.19 bits per heavy atom. The maximum absolute atomic E-state index is 4.20. The summed E-state index contributed by atoms with van der Waals surface area (Å²) in [5.41, 5.74) is 2.31. The molecule has 0 amide bonds. The van der Waals surface area contributed by atoms with Gasteiger partial charge in [0, 0.05) is 18.3 Å². The molecule has 0 aliphatic rings. The minimum absolute atomic E-state index is 0.583. The van der Waals surface area contributed by atoms with Crippen LogP contribution in [0.3, 0.4) is 0 Å². The van der Waals surface area contributed by atoms with E-state index in [9.17, 15) is 0 Å². The number of nitrogens with one attached hydrogen (secondary N) is 3. The van der Waals surface area contributed by atoms with Crippen molar-refractivity contribution in [3.63, 3.8) is 0 Å². The van der Waals surface area contributed by atoms with Crippen LogP contribution in [-0.4, -0.2) is 29.3 Å². The smallest absolute Gasteiger partial charge is 0.0622 e. The molecule has 0 aromatic carbocycles. The van der Waals surface area contributed by atoms with Crippen LogP contribution in [0.4, 0.5) is 0 Å². The third-order valence-corrected chi connectivity index (χ3v) is 2.44. The van der Waals surface area contributed by atoms with Crippen molar-refractivity contribution in [3.8, 4) is 0 Å². The molecule has 0 atom stereocenters. The van der Waals surface area contributed by atoms with Crippen LogP contribution in [0.5, 0.6) is 0 Å². The van der Waals surface area contributed by atoms with Gasteiger partial charge in [0.25, 0.3) is 0 Å². The number of aromatic amines is 1. The predicted molar refractivity (Wildman–Crippen MR) is 67.4 cm³/mol. The van der Waals surface area contributed by atoms with Gasteiger partial charge in [0.05, 0.1) is 5.69 Å². The van der Waals surface area contributed by atoms with Crippen LogP contribution in [0, 0.1) is 0 Å². The van der Waals surface area contributed by atoms with Crippen molar-refractivity contribution < 1.29 is 0 Å². The Kier molecular flexibility index (Phi) is 6.11. The Hall–Kier alpha value is -0.870. The van der Waals surface area contributed by atoms with Crippen LogP contribution in [0.25, 0.3) is 0 Å². The van der Waals surface area contributed by atoms with Crippen molar-refractivity contribution >= 4 is 0 Å². The van der Waals surface area contributed by atoms with Crippen molar-refractivity contribution in [2.45, 2.75) is 46.2 Å². The molecule has 0 bridgehead atoms. The van der Waals surface area contributed by atoms with E-state index < -0.39 is 0 Å². The summed E-state index contributed by atoms with van der Waals surface area (Å²) >= 11 is 0. The van der Waals surface area contributed by atoms with Gasteiger partial charge in [-0.05, 0) is 32.0 Å². The van der Waals surface area contributed by atoms with E-state index in [0.717, 1.165) is 38.2 Å². The molecule has 4 nitrogen and oxygen atoms in total. The maximum Gasteiger partial charge on any atom is 0.0622 e. The number of aromatic nitrogens is 2. The summed E-state index contributed by atoms with van der Waals surface area (Å²) < 4.78 is 0. The summed E-state index contributed by atoms with van der Waals surface area (Å²) in [6, 6.07) is 2.71. The molecule has 4 heteroatoms. The molecule has 0 saturated carbocycles. The minimum Gasteiger partial charge on any atom is -0.314 e. The lowest BCUT2D eigenvalue weighted by Crippen LogP contribution is -2.26. The van der Waals surface area contributed by atoms with Gasteiger partial charge in [-0.25, -0.2) is 0 Å². The van der Waals surface area contributed by atoms with Crippen LogP contribution in [0.2, 0.25) is 0 Å². The molecular formula is C12H24N4. The Bertz CT molecular complexity index is 280. The topological polar surface area (TPSA) is 52.7 Å². The summed E-state index contributed by atoms with van der Waals surface area (Å²) in [6.45, 7) is 9.46. The first-order valence-corrected chi connectivity index (χ1v) is 6.19. The van der Waals surface area contributed by atoms with E-state index in [1.165, 1.54) is 5.69 Å². The molecule has 0 saturated heterocycles. The Morgan fingerprint density at radius 1 is 1.38 bits per heavy atom. The number of rotatable bonds is 8. The molecule has 0 aliphatic carbocycles. The highest BCUT2D eigenvalue weighted by Crippen LogP contribution is 1.99. The highest BCUT2D eigenvalue weighted by atomic mass is 15.1. The number of hydrogen-bond acceptors (Lipinski definition) is 3. The van der Waals surface area contributed by atoms with Crippen LogP contribution in [0.1, 0.15) is 38.6 Å². The lowest BCUT2D eigenvalue weighted by molar-refractivity contribution is 0.546. The third kappa shape index (κ3) is 5.28. The van der Waals surface area contributed by atoms with Crippen molar-refractivity contribution in [2.75, 3.05) is 13.1 Å². The molecule has 1 aromatic heterocycles. The number of nitrogens with zero attached hydrogens (tertiary/aromatic N) is 1. The van der Waals surface area contributed by atoms with Gasteiger partial charge >= 0.3 is 0 Å². The molecule has 1 rings (SSSR count). The number of hydrogen-bond donors (Lipinski definition) is 3. The molecule has 16 heavy (non-hydrogen) atoms. The molecule has 1 heterocycles. The predicted octanol–water partition coefficient (Wildman–Crippen LogP) is 1.45. The van der Waals surface area contributed by atoms with E-state index in [2.05, 4.69) is 47.7 Å². The summed E-state index contributed by atoms with van der Waals surface area (Å²) in [7, 11) is 0. The summed E-state index contributed by atoms with van der Waals surface area (Å²) in [5, 5.41) is 14.0. The Labute approximate surface area is 98.2 Å². The average Bonchev–Trinajstić information content (AvgIpc) is 2.70. The fraction of sp³-hybridized carbons (Fsp3) is 0.750. The molecule has 0 radical (unpaired) electrons. The second-order valence-corrected chi connectivity index (χ2v) is 4.38. The lowest BCUT2D eigenvalue weighted by atomic mass is 10.3. The number of aryl methyl sites for hydroxylation is 1. The first kappa shape index (κ1) is 13.2. The van der Waals surface area contributed by atoms with Crippen LogP contribution in [-0.2, 0) is 13.0 Å². The van der Waals surface area contributed by atoms with Crippen LogP contribution >= 0.6 is 0 Å². The van der Waals surface area contributed by atoms with Gasteiger partial charge in [-0.1, -0.05) is 20.8 Å². The molecule has 0 unspecified atom stereocenters. The summed E-state index contributed by atoms with van der Waals surface area (Å²) in [4.78, 5) is 0. The van der Waals surface area contributed by atoms with Crippen LogP contribution < -0.4 is 10.6 Å². The summed E-state index contributed by atoms with van der Waals surface area (Å²) in [6.07, 6.45) is 2.15. The van der Waals surface area contributed by atoms with Crippen LogP contribution in [0.15, 0.2) is 6.07 Å². The van der Waals surface area contributed by atoms with Crippen molar-refractivity contribution in [3.05, 3.63) is 17.5 Å². The van der Waals surface area contributed by atoms with E-state index in [4.69, 9.17) is 0 Å². The summed E-state index contributed by atoms with van der Waals surface area (Å²) in [5.74, 6) is 0. The van der Waals surface area contributed by atoms with Gasteiger partial charge in [-0.15, -0.1) is 0 Å². The monoisotopic (exact) mass is 224 g/mol. The zero-order chi connectivity index (χ0) is 11.8. The fourth-order valence-corrected chi connectivity index (χ4v) is 1.51. The first-order chi connectivity index (χ1) is 7.72. The van der Waals surface area contributed by atoms with Gasteiger partial charge in [0.2, 0.25) is 0 Å². The van der Waals surface area contributed by atoms with Gasteiger partial charge in [-0.2, -0.15) is 5.10 Å². The van der Waals surface area contributed by atoms with E-state index >= 15 is 0 Å². The Morgan fingerprint density at radius 3 is 2.81 bits per heavy atom. The zero-order valence-corrected chi connectivity index (χ0v) is 10.6. The Balaban J connectivity index is 2.02. The molecule has 0 fully saturated rings. The normalized spacial score (nSPS) is 11.2. The van der Waals surface area contributed by atoms with Gasteiger partial charge in [-0.3, -0.25) is 5.10 Å². The molecule has 92 valence electrons. The lowest BCUT2D eigenvalue weighted by Gasteiger charge is -2.07. The first-order valence-electron chi connectivity index (χ1n) is 6.19. The maximum atomic E-state index is 4.20. The molecule has 1 aromatic rings. The molecule has 0 aliphatic heterocycles. The van der Waals surface area contributed by atoms with Gasteiger partial charge in [0.1, 0.15) is 0 Å². The molecule has 3 N–H and O–H groups in total. The van der Waals surface area contributed by atoms with Crippen molar-refractivity contribution in [2.24, 2.45) is 0 Å². The van der Waals surface area contributed by atoms with Gasteiger partial charge in [0.15, 0.2) is 0 Å². The van der Waals surface area contributed by atoms with E-state index in [1.54, 1.807) is 0 Å². The standard InChI is InChI=1S/C12H24N4/c1-4-11-8-12(16-15-11)9-13-6-5-7-14-10(2)3/h8,10,13-14H,4-7,9H2,1-3H3,(H,15,16). The van der Waals surface area contributed by atoms with Crippen molar-refractivity contribution in [1.82, 2.24) is 20.8 Å². The highest BCUT2D eigenvalue weighted by Gasteiger charge is 1.98. The molecule has 0 spiro atoms. The molecular weight excluding hydrogens is 200 g/mol. The third-order valence-electron chi connectivity index (χ3n) is 2.44. The van der Waals surface area contributed by atoms with E-state index in [-0.39, 0.29) is 0 Å². The average molecular weight is 224 g/mol. The second-order valence-electron chi connectivity index (χ2n) is 4.38. The quantitative estimate of drug-likeness (QED) is 0.586. The number of H-pyrrole nitrogens is 1. The zero-order valence-electron chi connectivity index (χ0n) is 10.6. The SMILES string of the molecule is CCc1cc(CNCCCNC(C)C)[nH]n1. The van der Waals surface area contributed by atoms with E-state index in [1.807, 2.05) is 0 Å². The fourth-order valence-electron chi connectivity index (χ4n) is 1.51. The van der Waals surface area contributed by atoms with E-state index in [0.29, 0.717) is 6.04 Å².